The van der Waals surface area contributed by atoms with Crippen molar-refractivity contribution in [3.05, 3.63) is 54.3 Å². The second-order valence-electron chi connectivity index (χ2n) is 7.50. The predicted molar refractivity (Wildman–Crippen MR) is 110 cm³/mol. The van der Waals surface area contributed by atoms with Crippen LogP contribution in [-0.2, 0) is 4.79 Å². The zero-order chi connectivity index (χ0) is 21.8. The highest BCUT2D eigenvalue weighted by Crippen LogP contribution is 2.24. The van der Waals surface area contributed by atoms with Crippen LogP contribution in [-0.4, -0.2) is 47.1 Å². The number of rotatable bonds is 6. The van der Waals surface area contributed by atoms with Crippen LogP contribution in [0.2, 0.25) is 0 Å². The van der Waals surface area contributed by atoms with Crippen molar-refractivity contribution in [1.29, 1.82) is 0 Å². The van der Waals surface area contributed by atoms with E-state index in [1.165, 1.54) is 12.5 Å². The molecule has 0 aliphatic carbocycles. The Morgan fingerprint density at radius 1 is 1.26 bits per heavy atom. The number of piperidine rings is 1. The van der Waals surface area contributed by atoms with Crippen LogP contribution in [0.3, 0.4) is 0 Å². The summed E-state index contributed by atoms with van der Waals surface area (Å²) in [6.45, 7) is 2.85. The number of amides is 2. The number of aromatic nitrogens is 2. The average molecular weight is 424 g/mol. The molecule has 2 aromatic heterocycles. The molecule has 9 nitrogen and oxygen atoms in total. The molecular weight excluding hydrogens is 400 g/mol. The van der Waals surface area contributed by atoms with Gasteiger partial charge in [-0.2, -0.15) is 4.98 Å². The first kappa shape index (κ1) is 20.6. The predicted octanol–water partition coefficient (Wildman–Crippen LogP) is 3.07. The Balaban J connectivity index is 1.32. The maximum Gasteiger partial charge on any atom is 0.257 e. The minimum absolute atomic E-state index is 0.0723. The summed E-state index contributed by atoms with van der Waals surface area (Å²) in [5.41, 5.74) is 1.29. The normalized spacial score (nSPS) is 15.5. The van der Waals surface area contributed by atoms with Crippen molar-refractivity contribution >= 4 is 11.8 Å². The van der Waals surface area contributed by atoms with E-state index in [1.54, 1.807) is 25.0 Å². The molecule has 0 radical (unpaired) electrons. The van der Waals surface area contributed by atoms with Crippen LogP contribution in [0, 0.1) is 5.92 Å². The Morgan fingerprint density at radius 3 is 2.77 bits per heavy atom. The zero-order valence-electron chi connectivity index (χ0n) is 17.4. The van der Waals surface area contributed by atoms with Crippen LogP contribution in [0.5, 0.6) is 5.75 Å². The number of nitrogens with zero attached hydrogens (tertiary/aromatic N) is 3. The zero-order valence-corrected chi connectivity index (χ0v) is 17.4. The van der Waals surface area contributed by atoms with Crippen molar-refractivity contribution in [1.82, 2.24) is 20.4 Å². The summed E-state index contributed by atoms with van der Waals surface area (Å²) in [5, 5.41) is 6.96. The Morgan fingerprint density at radius 2 is 2.06 bits per heavy atom. The topological polar surface area (TPSA) is 111 Å². The van der Waals surface area contributed by atoms with E-state index in [-0.39, 0.29) is 17.7 Å². The molecule has 1 saturated heterocycles. The average Bonchev–Trinajstić information content (AvgIpc) is 3.51. The molecule has 31 heavy (non-hydrogen) atoms. The fourth-order valence-electron chi connectivity index (χ4n) is 3.60. The summed E-state index contributed by atoms with van der Waals surface area (Å²) in [6.07, 6.45) is 4.11. The highest BCUT2D eigenvalue weighted by atomic mass is 16.5. The summed E-state index contributed by atoms with van der Waals surface area (Å²) < 4.78 is 15.6. The monoisotopic (exact) mass is 424 g/mol. The SMILES string of the molecule is COc1cccc(-c2noc(C(C)NC(=O)C3CCN(C(=O)c4ccoc4)CC3)n2)c1. The molecular formula is C22H24N4O5. The molecule has 1 aliphatic heterocycles. The lowest BCUT2D eigenvalue weighted by Gasteiger charge is -2.31. The molecule has 162 valence electrons. The number of carbonyl (C=O) groups is 2. The van der Waals surface area contributed by atoms with Gasteiger partial charge in [0, 0.05) is 24.6 Å². The highest BCUT2D eigenvalue weighted by Gasteiger charge is 2.29. The van der Waals surface area contributed by atoms with Crippen LogP contribution in [0.1, 0.15) is 42.1 Å². The molecule has 3 heterocycles. The third kappa shape index (κ3) is 4.60. The van der Waals surface area contributed by atoms with Crippen molar-refractivity contribution in [3.63, 3.8) is 0 Å². The lowest BCUT2D eigenvalue weighted by atomic mass is 9.95. The number of ether oxygens (including phenoxy) is 1. The molecule has 1 atom stereocenters. The molecule has 3 aromatic rings. The summed E-state index contributed by atoms with van der Waals surface area (Å²) in [4.78, 5) is 31.3. The minimum atomic E-state index is -0.426. The van der Waals surface area contributed by atoms with Crippen LogP contribution in [0.25, 0.3) is 11.4 Å². The van der Waals surface area contributed by atoms with Gasteiger partial charge in [0.2, 0.25) is 17.6 Å². The molecule has 0 saturated carbocycles. The van der Waals surface area contributed by atoms with Gasteiger partial charge in [-0.15, -0.1) is 0 Å². The molecule has 1 fully saturated rings. The van der Waals surface area contributed by atoms with Crippen molar-refractivity contribution < 1.29 is 23.3 Å². The molecule has 4 rings (SSSR count). The number of carbonyl (C=O) groups excluding carboxylic acids is 2. The van der Waals surface area contributed by atoms with Gasteiger partial charge >= 0.3 is 0 Å². The standard InChI is InChI=1S/C22H24N4O5/c1-14(21-24-19(25-31-21)16-4-3-5-18(12-16)29-2)23-20(27)15-6-9-26(10-7-15)22(28)17-8-11-30-13-17/h3-5,8,11-15H,6-7,9-10H2,1-2H3,(H,23,27). The Kier molecular flexibility index (Phi) is 6.01. The van der Waals surface area contributed by atoms with Gasteiger partial charge in [-0.3, -0.25) is 9.59 Å². The number of hydrogen-bond donors (Lipinski definition) is 1. The fourth-order valence-corrected chi connectivity index (χ4v) is 3.60. The van der Waals surface area contributed by atoms with E-state index >= 15 is 0 Å². The summed E-state index contributed by atoms with van der Waals surface area (Å²) in [5.74, 6) is 1.14. The molecule has 1 aliphatic rings. The molecule has 1 aromatic carbocycles. The van der Waals surface area contributed by atoms with Gasteiger partial charge in [-0.05, 0) is 38.0 Å². The van der Waals surface area contributed by atoms with Gasteiger partial charge in [-0.1, -0.05) is 17.3 Å². The van der Waals surface area contributed by atoms with Gasteiger partial charge < -0.3 is 23.9 Å². The van der Waals surface area contributed by atoms with Crippen LogP contribution >= 0.6 is 0 Å². The second kappa shape index (κ2) is 9.03. The molecule has 0 spiro atoms. The summed E-state index contributed by atoms with van der Waals surface area (Å²) in [6, 6.07) is 8.58. The third-order valence-corrected chi connectivity index (χ3v) is 5.42. The van der Waals surface area contributed by atoms with E-state index in [4.69, 9.17) is 13.7 Å². The third-order valence-electron chi connectivity index (χ3n) is 5.42. The van der Waals surface area contributed by atoms with Crippen molar-refractivity contribution in [2.24, 2.45) is 5.92 Å². The quantitative estimate of drug-likeness (QED) is 0.647. The highest BCUT2D eigenvalue weighted by molar-refractivity contribution is 5.94. The molecule has 1 N–H and O–H groups in total. The maximum atomic E-state index is 12.7. The lowest BCUT2D eigenvalue weighted by Crippen LogP contribution is -2.43. The number of likely N-dealkylation sites (tertiary alicyclic amines) is 1. The Bertz CT molecular complexity index is 1040. The molecule has 9 heteroatoms. The van der Waals surface area contributed by atoms with Crippen LogP contribution in [0.4, 0.5) is 0 Å². The number of benzene rings is 1. The van der Waals surface area contributed by atoms with Crippen molar-refractivity contribution in [2.75, 3.05) is 20.2 Å². The summed E-state index contributed by atoms with van der Waals surface area (Å²) >= 11 is 0. The molecule has 0 bridgehead atoms. The van der Waals surface area contributed by atoms with E-state index in [9.17, 15) is 9.59 Å². The number of methoxy groups -OCH3 is 1. The number of furan rings is 1. The maximum absolute atomic E-state index is 12.7. The van der Waals surface area contributed by atoms with Gasteiger partial charge in [0.1, 0.15) is 18.1 Å². The Hall–Kier alpha value is -3.62. The first-order chi connectivity index (χ1) is 15.0. The fraction of sp³-hybridized carbons (Fsp3) is 0.364. The van der Waals surface area contributed by atoms with Gasteiger partial charge in [0.15, 0.2) is 0 Å². The van der Waals surface area contributed by atoms with Crippen LogP contribution in [0.15, 0.2) is 51.8 Å². The van der Waals surface area contributed by atoms with Gasteiger partial charge in [0.25, 0.3) is 5.91 Å². The minimum Gasteiger partial charge on any atom is -0.497 e. The smallest absolute Gasteiger partial charge is 0.257 e. The van der Waals surface area contributed by atoms with Crippen molar-refractivity contribution in [2.45, 2.75) is 25.8 Å². The largest absolute Gasteiger partial charge is 0.497 e. The molecule has 2 amide bonds. The van der Waals surface area contributed by atoms with E-state index in [0.29, 0.717) is 49.0 Å². The van der Waals surface area contributed by atoms with E-state index in [1.807, 2.05) is 24.3 Å². The number of hydrogen-bond acceptors (Lipinski definition) is 7. The van der Waals surface area contributed by atoms with E-state index in [0.717, 1.165) is 5.56 Å². The first-order valence-electron chi connectivity index (χ1n) is 10.1. The Labute approximate surface area is 179 Å². The summed E-state index contributed by atoms with van der Waals surface area (Å²) in [7, 11) is 1.59. The van der Waals surface area contributed by atoms with Gasteiger partial charge in [0.05, 0.1) is 18.9 Å². The van der Waals surface area contributed by atoms with Gasteiger partial charge in [-0.25, -0.2) is 0 Å². The lowest BCUT2D eigenvalue weighted by molar-refractivity contribution is -0.127. The van der Waals surface area contributed by atoms with E-state index < -0.39 is 6.04 Å². The number of nitrogens with one attached hydrogen (secondary N) is 1. The van der Waals surface area contributed by atoms with Crippen molar-refractivity contribution in [3.8, 4) is 17.1 Å². The van der Waals surface area contributed by atoms with E-state index in [2.05, 4.69) is 15.5 Å². The van der Waals surface area contributed by atoms with Crippen LogP contribution < -0.4 is 10.1 Å². The molecule has 1 unspecified atom stereocenters. The first-order valence-corrected chi connectivity index (χ1v) is 10.1. The second-order valence-corrected chi connectivity index (χ2v) is 7.50.